The van der Waals surface area contributed by atoms with Gasteiger partial charge in [-0.05, 0) is 51.6 Å². The molecule has 2 rings (SSSR count). The fraction of sp³-hybridized carbons (Fsp3) is 1.00. The standard InChI is InChI=1S/C12H22F2N2/c1-9(2)16-7-5-11(6-8-16)3-4-12(13,14)10(11)15/h9-10H,3-8,15H2,1-2H3/t10-/m0/s1. The molecule has 16 heavy (non-hydrogen) atoms. The topological polar surface area (TPSA) is 29.3 Å². The van der Waals surface area contributed by atoms with Crippen LogP contribution in [-0.2, 0) is 0 Å². The van der Waals surface area contributed by atoms with E-state index in [1.54, 1.807) is 0 Å². The highest BCUT2D eigenvalue weighted by Gasteiger charge is 2.57. The van der Waals surface area contributed by atoms with Crippen LogP contribution in [0.3, 0.4) is 0 Å². The van der Waals surface area contributed by atoms with E-state index in [1.807, 2.05) is 0 Å². The third-order valence-corrected chi connectivity index (χ3v) is 4.60. The van der Waals surface area contributed by atoms with E-state index in [0.717, 1.165) is 25.9 Å². The van der Waals surface area contributed by atoms with Crippen LogP contribution in [0.4, 0.5) is 8.78 Å². The predicted molar refractivity (Wildman–Crippen MR) is 60.5 cm³/mol. The van der Waals surface area contributed by atoms with Gasteiger partial charge in [0.2, 0.25) is 0 Å². The molecule has 0 unspecified atom stereocenters. The number of piperidine rings is 1. The maximum absolute atomic E-state index is 13.5. The van der Waals surface area contributed by atoms with Gasteiger partial charge in [0, 0.05) is 12.5 Å². The number of hydrogen-bond donors (Lipinski definition) is 1. The molecule has 4 heteroatoms. The van der Waals surface area contributed by atoms with Gasteiger partial charge in [-0.2, -0.15) is 0 Å². The molecule has 2 aliphatic rings. The summed E-state index contributed by atoms with van der Waals surface area (Å²) in [5.41, 5.74) is 5.49. The smallest absolute Gasteiger partial charge is 0.263 e. The molecular weight excluding hydrogens is 210 g/mol. The minimum absolute atomic E-state index is 0.0180. The Labute approximate surface area is 96.2 Å². The molecule has 1 aliphatic carbocycles. The Balaban J connectivity index is 2.03. The van der Waals surface area contributed by atoms with E-state index < -0.39 is 12.0 Å². The second-order valence-electron chi connectivity index (χ2n) is 5.73. The lowest BCUT2D eigenvalue weighted by atomic mass is 9.74. The third-order valence-electron chi connectivity index (χ3n) is 4.60. The highest BCUT2D eigenvalue weighted by molar-refractivity contribution is 5.06. The van der Waals surface area contributed by atoms with Crippen molar-refractivity contribution >= 4 is 0 Å². The Morgan fingerprint density at radius 3 is 2.06 bits per heavy atom. The lowest BCUT2D eigenvalue weighted by Crippen LogP contribution is -2.52. The molecule has 94 valence electrons. The highest BCUT2D eigenvalue weighted by atomic mass is 19.3. The van der Waals surface area contributed by atoms with Gasteiger partial charge in [-0.25, -0.2) is 8.78 Å². The first-order valence-corrected chi connectivity index (χ1v) is 6.25. The summed E-state index contributed by atoms with van der Waals surface area (Å²) in [6.07, 6.45) is 2.26. The number of rotatable bonds is 1. The normalized spacial score (nSPS) is 33.8. The van der Waals surface area contributed by atoms with Crippen molar-refractivity contribution in [2.75, 3.05) is 13.1 Å². The average Bonchev–Trinajstić information content (AvgIpc) is 2.45. The third kappa shape index (κ3) is 1.86. The Hall–Kier alpha value is -0.220. The van der Waals surface area contributed by atoms with Gasteiger partial charge in [-0.1, -0.05) is 0 Å². The van der Waals surface area contributed by atoms with Crippen molar-refractivity contribution in [2.45, 2.75) is 57.5 Å². The first-order valence-electron chi connectivity index (χ1n) is 6.25. The minimum Gasteiger partial charge on any atom is -0.322 e. The Bertz CT molecular complexity index is 258. The summed E-state index contributed by atoms with van der Waals surface area (Å²) >= 11 is 0. The molecule has 1 saturated heterocycles. The molecule has 0 radical (unpaired) electrons. The molecule has 0 amide bonds. The fourth-order valence-electron chi connectivity index (χ4n) is 3.22. The van der Waals surface area contributed by atoms with Crippen LogP contribution in [0, 0.1) is 5.41 Å². The summed E-state index contributed by atoms with van der Waals surface area (Å²) < 4.78 is 27.0. The average molecular weight is 232 g/mol. The summed E-state index contributed by atoms with van der Waals surface area (Å²) in [4.78, 5) is 2.36. The van der Waals surface area contributed by atoms with E-state index in [0.29, 0.717) is 12.5 Å². The van der Waals surface area contributed by atoms with Crippen LogP contribution in [0.1, 0.15) is 39.5 Å². The van der Waals surface area contributed by atoms with Gasteiger partial charge >= 0.3 is 0 Å². The van der Waals surface area contributed by atoms with E-state index in [4.69, 9.17) is 5.73 Å². The lowest BCUT2D eigenvalue weighted by Gasteiger charge is -2.43. The minimum atomic E-state index is -2.64. The molecular formula is C12H22F2N2. The van der Waals surface area contributed by atoms with Crippen LogP contribution in [0.15, 0.2) is 0 Å². The van der Waals surface area contributed by atoms with Crippen LogP contribution < -0.4 is 5.73 Å². The number of nitrogens with two attached hydrogens (primary N) is 1. The summed E-state index contributed by atoms with van der Waals surface area (Å²) in [6.45, 7) is 6.14. The molecule has 1 spiro atoms. The van der Waals surface area contributed by atoms with Crippen LogP contribution in [0.5, 0.6) is 0 Å². The maximum atomic E-state index is 13.5. The summed E-state index contributed by atoms with van der Waals surface area (Å²) in [7, 11) is 0. The zero-order valence-corrected chi connectivity index (χ0v) is 10.2. The molecule has 0 aromatic rings. The van der Waals surface area contributed by atoms with Gasteiger partial charge in [-0.15, -0.1) is 0 Å². The molecule has 1 aliphatic heterocycles. The highest BCUT2D eigenvalue weighted by Crippen LogP contribution is 2.52. The zero-order chi connectivity index (χ0) is 12.0. The number of likely N-dealkylation sites (tertiary alicyclic amines) is 1. The molecule has 1 atom stereocenters. The van der Waals surface area contributed by atoms with Gasteiger partial charge in [0.1, 0.15) is 0 Å². The molecule has 2 N–H and O–H groups in total. The molecule has 0 aromatic carbocycles. The van der Waals surface area contributed by atoms with Crippen molar-refractivity contribution in [3.63, 3.8) is 0 Å². The molecule has 2 fully saturated rings. The number of halogens is 2. The van der Waals surface area contributed by atoms with Crippen molar-refractivity contribution in [1.82, 2.24) is 4.90 Å². The Kier molecular flexibility index (Phi) is 2.99. The second-order valence-corrected chi connectivity index (χ2v) is 5.73. The summed E-state index contributed by atoms with van der Waals surface area (Å²) in [5, 5.41) is 0. The summed E-state index contributed by atoms with van der Waals surface area (Å²) in [6, 6.07) is -0.412. The van der Waals surface area contributed by atoms with Gasteiger partial charge in [0.25, 0.3) is 5.92 Å². The molecule has 0 aromatic heterocycles. The van der Waals surface area contributed by atoms with Crippen molar-refractivity contribution < 1.29 is 8.78 Å². The van der Waals surface area contributed by atoms with Gasteiger partial charge in [0.15, 0.2) is 0 Å². The number of hydrogen-bond acceptors (Lipinski definition) is 2. The van der Waals surface area contributed by atoms with Crippen LogP contribution in [0.25, 0.3) is 0 Å². The molecule has 1 saturated carbocycles. The molecule has 2 nitrogen and oxygen atoms in total. The van der Waals surface area contributed by atoms with E-state index >= 15 is 0 Å². The van der Waals surface area contributed by atoms with Crippen molar-refractivity contribution in [2.24, 2.45) is 11.1 Å². The van der Waals surface area contributed by atoms with Crippen molar-refractivity contribution in [3.05, 3.63) is 0 Å². The van der Waals surface area contributed by atoms with Crippen molar-refractivity contribution in [1.29, 1.82) is 0 Å². The Morgan fingerprint density at radius 1 is 1.12 bits per heavy atom. The quantitative estimate of drug-likeness (QED) is 0.751. The largest absolute Gasteiger partial charge is 0.322 e. The summed E-state index contributed by atoms with van der Waals surface area (Å²) in [5.74, 6) is -2.64. The van der Waals surface area contributed by atoms with Gasteiger partial charge in [0.05, 0.1) is 6.04 Å². The van der Waals surface area contributed by atoms with Gasteiger partial charge < -0.3 is 10.6 Å². The van der Waals surface area contributed by atoms with E-state index in [-0.39, 0.29) is 11.8 Å². The zero-order valence-electron chi connectivity index (χ0n) is 10.2. The SMILES string of the molecule is CC(C)N1CCC2(CC1)CCC(F)(F)[C@H]2N. The number of nitrogens with zero attached hydrogens (tertiary/aromatic N) is 1. The van der Waals surface area contributed by atoms with Crippen LogP contribution in [-0.4, -0.2) is 36.0 Å². The first kappa shape index (κ1) is 12.2. The van der Waals surface area contributed by atoms with E-state index in [9.17, 15) is 8.78 Å². The monoisotopic (exact) mass is 232 g/mol. The van der Waals surface area contributed by atoms with E-state index in [1.165, 1.54) is 0 Å². The van der Waals surface area contributed by atoms with Crippen molar-refractivity contribution in [3.8, 4) is 0 Å². The Morgan fingerprint density at radius 2 is 1.69 bits per heavy atom. The van der Waals surface area contributed by atoms with Gasteiger partial charge in [-0.3, -0.25) is 0 Å². The van der Waals surface area contributed by atoms with Crippen LogP contribution in [0.2, 0.25) is 0 Å². The number of alkyl halides is 2. The molecule has 0 bridgehead atoms. The predicted octanol–water partition coefficient (Wildman–Crippen LogP) is 2.23. The maximum Gasteiger partial charge on any atom is 0.263 e. The van der Waals surface area contributed by atoms with Crippen LogP contribution >= 0.6 is 0 Å². The lowest BCUT2D eigenvalue weighted by molar-refractivity contribution is -0.0366. The molecule has 1 heterocycles. The second kappa shape index (κ2) is 3.91. The fourth-order valence-corrected chi connectivity index (χ4v) is 3.22. The first-order chi connectivity index (χ1) is 7.37. The van der Waals surface area contributed by atoms with E-state index in [2.05, 4.69) is 18.7 Å².